The third-order valence-electron chi connectivity index (χ3n) is 3.66. The van der Waals surface area contributed by atoms with Gasteiger partial charge >= 0.3 is 0 Å². The first-order valence-electron chi connectivity index (χ1n) is 7.26. The second kappa shape index (κ2) is 6.99. The van der Waals surface area contributed by atoms with Crippen LogP contribution in [-0.2, 0) is 9.59 Å². The number of likely N-dealkylation sites (tertiary alicyclic amines) is 1. The Balaban J connectivity index is 1.84. The van der Waals surface area contributed by atoms with Crippen molar-refractivity contribution in [3.8, 4) is 0 Å². The average Bonchev–Trinajstić information content (AvgIpc) is 2.82. The molecule has 23 heavy (non-hydrogen) atoms. The zero-order chi connectivity index (χ0) is 17.0. The van der Waals surface area contributed by atoms with Gasteiger partial charge in [0.2, 0.25) is 11.8 Å². The summed E-state index contributed by atoms with van der Waals surface area (Å²) in [6.07, 6.45) is 0.982. The van der Waals surface area contributed by atoms with Crippen LogP contribution in [0.2, 0.25) is 0 Å². The summed E-state index contributed by atoms with van der Waals surface area (Å²) in [7, 11) is 0. The number of nitro benzene ring substituents is 1. The third kappa shape index (κ3) is 3.91. The van der Waals surface area contributed by atoms with E-state index in [1.54, 1.807) is 6.92 Å². The van der Waals surface area contributed by atoms with Crippen LogP contribution in [0.4, 0.5) is 5.69 Å². The van der Waals surface area contributed by atoms with Crippen LogP contribution in [0.1, 0.15) is 35.2 Å². The highest BCUT2D eigenvalue weighted by atomic mass is 16.6. The fourth-order valence-electron chi connectivity index (χ4n) is 2.42. The van der Waals surface area contributed by atoms with E-state index in [4.69, 9.17) is 0 Å². The molecule has 1 aliphatic heterocycles. The highest BCUT2D eigenvalue weighted by molar-refractivity contribution is 6.01. The van der Waals surface area contributed by atoms with E-state index in [2.05, 4.69) is 5.32 Å². The molecule has 0 unspecified atom stereocenters. The molecule has 0 atom stereocenters. The lowest BCUT2D eigenvalue weighted by Crippen LogP contribution is -2.33. The Morgan fingerprint density at radius 3 is 2.52 bits per heavy atom. The van der Waals surface area contributed by atoms with Crippen LogP contribution < -0.4 is 5.32 Å². The Morgan fingerprint density at radius 2 is 1.96 bits per heavy atom. The number of amides is 3. The van der Waals surface area contributed by atoms with Gasteiger partial charge in [0.25, 0.3) is 11.6 Å². The van der Waals surface area contributed by atoms with Gasteiger partial charge in [-0.25, -0.2) is 0 Å². The number of nitrogens with one attached hydrogen (secondary N) is 1. The molecular weight excluding hydrogens is 302 g/mol. The first-order valence-corrected chi connectivity index (χ1v) is 7.26. The third-order valence-corrected chi connectivity index (χ3v) is 3.66. The van der Waals surface area contributed by atoms with Crippen molar-refractivity contribution in [2.45, 2.75) is 26.2 Å². The molecule has 3 amide bonds. The van der Waals surface area contributed by atoms with Gasteiger partial charge in [-0.3, -0.25) is 29.4 Å². The predicted molar refractivity (Wildman–Crippen MR) is 80.7 cm³/mol. The molecule has 1 aromatic rings. The summed E-state index contributed by atoms with van der Waals surface area (Å²) >= 11 is 0. The summed E-state index contributed by atoms with van der Waals surface area (Å²) in [5.74, 6) is -0.684. The molecule has 1 N–H and O–H groups in total. The minimum Gasteiger partial charge on any atom is -0.352 e. The summed E-state index contributed by atoms with van der Waals surface area (Å²) in [5, 5.41) is 13.4. The molecule has 0 radical (unpaired) electrons. The summed E-state index contributed by atoms with van der Waals surface area (Å²) < 4.78 is 0. The van der Waals surface area contributed by atoms with Crippen LogP contribution in [0.3, 0.4) is 0 Å². The summed E-state index contributed by atoms with van der Waals surface area (Å²) in [6, 6.07) is 4.04. The van der Waals surface area contributed by atoms with E-state index in [1.807, 2.05) is 0 Å². The number of carbonyl (C=O) groups is 3. The number of benzene rings is 1. The first kappa shape index (κ1) is 16.6. The highest BCUT2D eigenvalue weighted by Gasteiger charge is 2.27. The quantitative estimate of drug-likeness (QED) is 0.366. The normalized spacial score (nSPS) is 14.2. The van der Waals surface area contributed by atoms with Crippen LogP contribution in [0.15, 0.2) is 18.2 Å². The van der Waals surface area contributed by atoms with Crippen molar-refractivity contribution in [3.63, 3.8) is 0 Å². The van der Waals surface area contributed by atoms with Crippen molar-refractivity contribution in [2.24, 2.45) is 0 Å². The topological polar surface area (TPSA) is 110 Å². The fourth-order valence-corrected chi connectivity index (χ4v) is 2.42. The van der Waals surface area contributed by atoms with Gasteiger partial charge in [0, 0.05) is 43.6 Å². The number of hydrogen-bond acceptors (Lipinski definition) is 5. The van der Waals surface area contributed by atoms with E-state index in [-0.39, 0.29) is 42.8 Å². The van der Waals surface area contributed by atoms with E-state index in [0.717, 1.165) is 0 Å². The number of aryl methyl sites for hydroxylation is 1. The van der Waals surface area contributed by atoms with Gasteiger partial charge < -0.3 is 5.32 Å². The minimum absolute atomic E-state index is 0.0647. The maximum absolute atomic E-state index is 12.0. The van der Waals surface area contributed by atoms with Crippen LogP contribution >= 0.6 is 0 Å². The molecule has 0 bridgehead atoms. The number of carbonyl (C=O) groups excluding carboxylic acids is 3. The van der Waals surface area contributed by atoms with Crippen LogP contribution in [0.5, 0.6) is 0 Å². The maximum Gasteiger partial charge on any atom is 0.269 e. The molecule has 1 aliphatic rings. The van der Waals surface area contributed by atoms with Gasteiger partial charge in [-0.05, 0) is 25.0 Å². The van der Waals surface area contributed by atoms with Gasteiger partial charge in [0.1, 0.15) is 0 Å². The molecule has 8 heteroatoms. The van der Waals surface area contributed by atoms with Crippen molar-refractivity contribution >= 4 is 23.4 Å². The van der Waals surface area contributed by atoms with Crippen molar-refractivity contribution < 1.29 is 19.3 Å². The number of nitrogens with zero attached hydrogens (tertiary/aromatic N) is 2. The lowest BCUT2D eigenvalue weighted by Gasteiger charge is -2.13. The maximum atomic E-state index is 12.0. The summed E-state index contributed by atoms with van der Waals surface area (Å²) in [4.78, 5) is 46.3. The zero-order valence-electron chi connectivity index (χ0n) is 12.7. The Labute approximate surface area is 132 Å². The minimum atomic E-state index is -0.515. The Kier molecular flexibility index (Phi) is 5.05. The first-order chi connectivity index (χ1) is 10.9. The van der Waals surface area contributed by atoms with E-state index in [9.17, 15) is 24.5 Å². The van der Waals surface area contributed by atoms with Crippen LogP contribution in [0.25, 0.3) is 0 Å². The molecule has 1 aromatic carbocycles. The van der Waals surface area contributed by atoms with E-state index in [1.165, 1.54) is 23.1 Å². The molecule has 2 rings (SSSR count). The Hall–Kier alpha value is -2.77. The number of imide groups is 1. The molecule has 0 spiro atoms. The molecule has 1 fully saturated rings. The summed E-state index contributed by atoms with van der Waals surface area (Å²) in [6.45, 7) is 2.23. The van der Waals surface area contributed by atoms with Gasteiger partial charge in [-0.2, -0.15) is 0 Å². The standard InChI is InChI=1S/C15H17N3O5/c1-10-9-11(18(22)23)3-4-12(10)15(21)16-7-2-8-17-13(19)5-6-14(17)20/h3-4,9H,2,5-8H2,1H3,(H,16,21). The van der Waals surface area contributed by atoms with E-state index < -0.39 is 4.92 Å². The fraction of sp³-hybridized carbons (Fsp3) is 0.400. The van der Waals surface area contributed by atoms with Crippen LogP contribution in [-0.4, -0.2) is 40.6 Å². The van der Waals surface area contributed by atoms with Gasteiger partial charge in [-0.1, -0.05) is 0 Å². The SMILES string of the molecule is Cc1cc([N+](=O)[O-])ccc1C(=O)NCCCN1C(=O)CCC1=O. The molecule has 1 saturated heterocycles. The lowest BCUT2D eigenvalue weighted by molar-refractivity contribution is -0.384. The van der Waals surface area contributed by atoms with Crippen molar-refractivity contribution in [1.29, 1.82) is 0 Å². The lowest BCUT2D eigenvalue weighted by atomic mass is 10.1. The molecule has 8 nitrogen and oxygen atoms in total. The van der Waals surface area contributed by atoms with E-state index >= 15 is 0 Å². The predicted octanol–water partition coefficient (Wildman–Crippen LogP) is 1.17. The molecule has 1 heterocycles. The molecule has 0 aromatic heterocycles. The van der Waals surface area contributed by atoms with Gasteiger partial charge in [0.15, 0.2) is 0 Å². The number of non-ortho nitro benzene ring substituents is 1. The smallest absolute Gasteiger partial charge is 0.269 e. The summed E-state index contributed by atoms with van der Waals surface area (Å²) in [5.41, 5.74) is 0.815. The van der Waals surface area contributed by atoms with Crippen LogP contribution in [0, 0.1) is 17.0 Å². The largest absolute Gasteiger partial charge is 0.352 e. The van der Waals surface area contributed by atoms with Gasteiger partial charge in [-0.15, -0.1) is 0 Å². The van der Waals surface area contributed by atoms with E-state index in [0.29, 0.717) is 24.1 Å². The number of hydrogen-bond donors (Lipinski definition) is 1. The zero-order valence-corrected chi connectivity index (χ0v) is 12.7. The second-order valence-corrected chi connectivity index (χ2v) is 5.30. The Morgan fingerprint density at radius 1 is 1.30 bits per heavy atom. The van der Waals surface area contributed by atoms with Crippen molar-refractivity contribution in [2.75, 3.05) is 13.1 Å². The number of nitro groups is 1. The van der Waals surface area contributed by atoms with Crippen molar-refractivity contribution in [1.82, 2.24) is 10.2 Å². The highest BCUT2D eigenvalue weighted by Crippen LogP contribution is 2.17. The van der Waals surface area contributed by atoms with Gasteiger partial charge in [0.05, 0.1) is 4.92 Å². The average molecular weight is 319 g/mol. The molecule has 122 valence electrons. The van der Waals surface area contributed by atoms with Crippen molar-refractivity contribution in [3.05, 3.63) is 39.4 Å². The Bertz CT molecular complexity index is 655. The molecular formula is C15H17N3O5. The monoisotopic (exact) mass is 319 g/mol. The second-order valence-electron chi connectivity index (χ2n) is 5.30. The number of rotatable bonds is 6. The molecule has 0 aliphatic carbocycles. The molecule has 0 saturated carbocycles.